The fourth-order valence-electron chi connectivity index (χ4n) is 2.58. The SMILES string of the molecule is COc1cc(OC)nc(NC(=O)NS(=O)(=O)c2c(Cl)ccc3c2SN(C)CC3)n1. The summed E-state index contributed by atoms with van der Waals surface area (Å²) in [5.41, 5.74) is 0.846. The van der Waals surface area contributed by atoms with Crippen LogP contribution in [0, 0.1) is 0 Å². The minimum Gasteiger partial charge on any atom is -0.481 e. The predicted octanol–water partition coefficient (Wildman–Crippen LogP) is 2.15. The second-order valence-electron chi connectivity index (χ2n) is 5.89. The van der Waals surface area contributed by atoms with Crippen molar-refractivity contribution in [2.45, 2.75) is 16.2 Å². The van der Waals surface area contributed by atoms with Crippen molar-refractivity contribution in [2.24, 2.45) is 0 Å². The van der Waals surface area contributed by atoms with E-state index >= 15 is 0 Å². The number of amides is 2. The van der Waals surface area contributed by atoms with Gasteiger partial charge in [-0.15, -0.1) is 0 Å². The molecule has 0 atom stereocenters. The predicted molar refractivity (Wildman–Crippen MR) is 108 cm³/mol. The van der Waals surface area contributed by atoms with Crippen LogP contribution in [-0.2, 0) is 16.4 Å². The molecule has 0 bridgehead atoms. The van der Waals surface area contributed by atoms with Crippen LogP contribution < -0.4 is 19.5 Å². The molecule has 0 radical (unpaired) electrons. The van der Waals surface area contributed by atoms with Crippen molar-refractivity contribution >= 4 is 45.6 Å². The summed E-state index contributed by atoms with van der Waals surface area (Å²) in [7, 11) is 0.340. The Hall–Kier alpha value is -2.28. The molecule has 0 fully saturated rings. The average molecular weight is 460 g/mol. The van der Waals surface area contributed by atoms with Gasteiger partial charge in [0.15, 0.2) is 0 Å². The first-order valence-corrected chi connectivity index (χ1v) is 10.9. The molecule has 1 aliphatic rings. The van der Waals surface area contributed by atoms with Gasteiger partial charge in [-0.25, -0.2) is 22.2 Å². The lowest BCUT2D eigenvalue weighted by atomic mass is 10.1. The molecule has 0 saturated carbocycles. The number of nitrogens with zero attached hydrogens (tertiary/aromatic N) is 3. The fraction of sp³-hybridized carbons (Fsp3) is 0.312. The smallest absolute Gasteiger partial charge is 0.335 e. The van der Waals surface area contributed by atoms with Crippen molar-refractivity contribution < 1.29 is 22.7 Å². The first-order valence-electron chi connectivity index (χ1n) is 8.25. The number of carbonyl (C=O) groups is 1. The minimum absolute atomic E-state index is 0.0196. The van der Waals surface area contributed by atoms with Crippen molar-refractivity contribution in [2.75, 3.05) is 33.1 Å². The number of halogens is 1. The van der Waals surface area contributed by atoms with Crippen LogP contribution in [0.3, 0.4) is 0 Å². The molecule has 13 heteroatoms. The normalized spacial score (nSPS) is 14.1. The lowest BCUT2D eigenvalue weighted by molar-refractivity contribution is 0.256. The molecule has 2 aromatic rings. The van der Waals surface area contributed by atoms with Gasteiger partial charge in [-0.3, -0.25) is 5.32 Å². The average Bonchev–Trinajstić information content (AvgIpc) is 2.66. The van der Waals surface area contributed by atoms with Crippen molar-refractivity contribution in [3.8, 4) is 11.8 Å². The molecule has 29 heavy (non-hydrogen) atoms. The summed E-state index contributed by atoms with van der Waals surface area (Å²) >= 11 is 7.44. The Morgan fingerprint density at radius 3 is 2.52 bits per heavy atom. The number of hydrogen-bond acceptors (Lipinski definition) is 9. The topological polar surface area (TPSA) is 123 Å². The van der Waals surface area contributed by atoms with Gasteiger partial charge in [0.2, 0.25) is 17.7 Å². The van der Waals surface area contributed by atoms with Gasteiger partial charge >= 0.3 is 6.03 Å². The number of methoxy groups -OCH3 is 2. The third kappa shape index (κ3) is 4.83. The number of aromatic nitrogens is 2. The first-order chi connectivity index (χ1) is 13.7. The summed E-state index contributed by atoms with van der Waals surface area (Å²) in [5.74, 6) is 0.0773. The monoisotopic (exact) mass is 459 g/mol. The summed E-state index contributed by atoms with van der Waals surface area (Å²) < 4.78 is 39.6. The molecule has 2 amide bonds. The van der Waals surface area contributed by atoms with Gasteiger partial charge in [0.05, 0.1) is 25.3 Å². The first kappa shape index (κ1) is 21.4. The van der Waals surface area contributed by atoms with Crippen LogP contribution in [0.5, 0.6) is 11.8 Å². The van der Waals surface area contributed by atoms with Crippen LogP contribution in [0.1, 0.15) is 5.56 Å². The fourth-order valence-corrected chi connectivity index (χ4v) is 5.61. The molecule has 156 valence electrons. The number of urea groups is 1. The highest BCUT2D eigenvalue weighted by Gasteiger charge is 2.29. The maximum Gasteiger partial charge on any atom is 0.335 e. The number of rotatable bonds is 5. The highest BCUT2D eigenvalue weighted by atomic mass is 35.5. The van der Waals surface area contributed by atoms with Crippen molar-refractivity contribution in [3.63, 3.8) is 0 Å². The number of likely N-dealkylation sites (N-methyl/N-ethyl adjacent to an activating group) is 1. The zero-order chi connectivity index (χ0) is 21.2. The van der Waals surface area contributed by atoms with Crippen molar-refractivity contribution in [1.29, 1.82) is 0 Å². The van der Waals surface area contributed by atoms with Crippen molar-refractivity contribution in [3.05, 3.63) is 28.8 Å². The van der Waals surface area contributed by atoms with Gasteiger partial charge in [0.25, 0.3) is 10.0 Å². The molecule has 1 aromatic heterocycles. The van der Waals surface area contributed by atoms with E-state index in [-0.39, 0.29) is 27.6 Å². The van der Waals surface area contributed by atoms with Crippen LogP contribution in [0.4, 0.5) is 10.7 Å². The second-order valence-corrected chi connectivity index (χ2v) is 9.13. The number of anilines is 1. The molecule has 2 N–H and O–H groups in total. The molecular formula is C16H18ClN5O5S2. The van der Waals surface area contributed by atoms with Crippen LogP contribution in [0.25, 0.3) is 0 Å². The molecular weight excluding hydrogens is 442 g/mol. The Labute approximate surface area is 177 Å². The van der Waals surface area contributed by atoms with Gasteiger partial charge < -0.3 is 9.47 Å². The number of carbonyl (C=O) groups excluding carboxylic acids is 1. The van der Waals surface area contributed by atoms with E-state index in [1.54, 1.807) is 6.07 Å². The van der Waals surface area contributed by atoms with Gasteiger partial charge in [0, 0.05) is 11.4 Å². The second kappa shape index (κ2) is 8.61. The van der Waals surface area contributed by atoms with E-state index in [4.69, 9.17) is 21.1 Å². The van der Waals surface area contributed by atoms with Gasteiger partial charge in [-0.1, -0.05) is 17.7 Å². The van der Waals surface area contributed by atoms with E-state index in [9.17, 15) is 13.2 Å². The van der Waals surface area contributed by atoms with E-state index in [1.165, 1.54) is 38.3 Å². The number of benzene rings is 1. The largest absolute Gasteiger partial charge is 0.481 e. The van der Waals surface area contributed by atoms with Gasteiger partial charge in [-0.05, 0) is 37.0 Å². The Bertz CT molecular complexity index is 1030. The molecule has 1 aromatic carbocycles. The van der Waals surface area contributed by atoms with E-state index in [2.05, 4.69) is 15.3 Å². The van der Waals surface area contributed by atoms with Crippen LogP contribution in [-0.4, -0.2) is 56.5 Å². The lowest BCUT2D eigenvalue weighted by Crippen LogP contribution is -2.35. The Kier molecular flexibility index (Phi) is 6.36. The molecule has 1 aliphatic heterocycles. The third-order valence-electron chi connectivity index (χ3n) is 3.91. The quantitative estimate of drug-likeness (QED) is 0.647. The lowest BCUT2D eigenvalue weighted by Gasteiger charge is -2.26. The number of fused-ring (bicyclic) bond motifs is 1. The van der Waals surface area contributed by atoms with Crippen LogP contribution in [0.15, 0.2) is 28.0 Å². The highest BCUT2D eigenvalue weighted by molar-refractivity contribution is 7.98. The molecule has 0 aliphatic carbocycles. The summed E-state index contributed by atoms with van der Waals surface area (Å²) in [6.07, 6.45) is 0.669. The number of nitrogens with one attached hydrogen (secondary N) is 2. The minimum atomic E-state index is -4.27. The number of ether oxygens (including phenoxy) is 2. The summed E-state index contributed by atoms with van der Waals surface area (Å²) in [6.45, 7) is 0.766. The van der Waals surface area contributed by atoms with Crippen molar-refractivity contribution in [1.82, 2.24) is 19.0 Å². The van der Waals surface area contributed by atoms with Gasteiger partial charge in [0.1, 0.15) is 4.90 Å². The Morgan fingerprint density at radius 1 is 1.24 bits per heavy atom. The number of sulfonamides is 1. The molecule has 0 saturated heterocycles. The molecule has 2 heterocycles. The molecule has 10 nitrogen and oxygen atoms in total. The maximum absolute atomic E-state index is 12.9. The standard InChI is InChI=1S/C16H18ClN5O5S2/c1-22-7-6-9-4-5-10(17)14(13(9)28-22)29(24,25)21-16(23)20-15-18-11(26-2)8-12(19-15)27-3/h4-5,8H,6-7H2,1-3H3,(H2,18,19,20,21,23). The maximum atomic E-state index is 12.9. The molecule has 3 rings (SSSR count). The zero-order valence-electron chi connectivity index (χ0n) is 15.7. The summed E-state index contributed by atoms with van der Waals surface area (Å²) in [4.78, 5) is 20.5. The van der Waals surface area contributed by atoms with Crippen LogP contribution in [0.2, 0.25) is 5.02 Å². The molecule has 0 unspecified atom stereocenters. The zero-order valence-corrected chi connectivity index (χ0v) is 18.1. The van der Waals surface area contributed by atoms with E-state index in [0.717, 1.165) is 12.1 Å². The van der Waals surface area contributed by atoms with E-state index < -0.39 is 16.1 Å². The Morgan fingerprint density at radius 2 is 1.90 bits per heavy atom. The third-order valence-corrected chi connectivity index (χ3v) is 7.02. The molecule has 0 spiro atoms. The van der Waals surface area contributed by atoms with Gasteiger partial charge in [-0.2, -0.15) is 9.97 Å². The van der Waals surface area contributed by atoms with E-state index in [1.807, 2.05) is 16.1 Å². The Balaban J connectivity index is 1.86. The van der Waals surface area contributed by atoms with E-state index in [0.29, 0.717) is 11.3 Å². The summed E-state index contributed by atoms with van der Waals surface area (Å²) in [6, 6.07) is 3.65. The highest BCUT2D eigenvalue weighted by Crippen LogP contribution is 2.39. The van der Waals surface area contributed by atoms with Crippen LogP contribution >= 0.6 is 23.5 Å². The summed E-state index contributed by atoms with van der Waals surface area (Å²) in [5, 5.41) is 2.27. The number of hydrogen-bond donors (Lipinski definition) is 2.